The van der Waals surface area contributed by atoms with Crippen LogP contribution in [0.3, 0.4) is 0 Å². The van der Waals surface area contributed by atoms with Crippen molar-refractivity contribution in [1.29, 1.82) is 0 Å². The van der Waals surface area contributed by atoms with Crippen molar-refractivity contribution in [2.24, 2.45) is 0 Å². The lowest BCUT2D eigenvalue weighted by atomic mass is 10.1. The van der Waals surface area contributed by atoms with Crippen molar-refractivity contribution < 1.29 is 18.9 Å². The number of carbonyl (C=O) groups is 2. The van der Waals surface area contributed by atoms with E-state index >= 15 is 0 Å². The van der Waals surface area contributed by atoms with E-state index in [1.54, 1.807) is 24.3 Å². The van der Waals surface area contributed by atoms with Gasteiger partial charge in [0.1, 0.15) is 11.5 Å². The minimum Gasteiger partial charge on any atom is -0.529 e. The summed E-state index contributed by atoms with van der Waals surface area (Å²) in [6.45, 7) is 6.44. The van der Waals surface area contributed by atoms with Gasteiger partial charge < -0.3 is 28.9 Å². The van der Waals surface area contributed by atoms with E-state index in [1.807, 2.05) is 34.1 Å². The Labute approximate surface area is 196 Å². The topological polar surface area (TPSA) is 65.6 Å². The second-order valence-electron chi connectivity index (χ2n) is 8.65. The van der Waals surface area contributed by atoms with Gasteiger partial charge in [-0.3, -0.25) is 9.59 Å². The number of benzene rings is 2. The predicted molar refractivity (Wildman–Crippen MR) is 128 cm³/mol. The highest BCUT2D eigenvalue weighted by molar-refractivity contribution is 6.20. The van der Waals surface area contributed by atoms with Gasteiger partial charge in [-0.15, -0.1) is 0 Å². The van der Waals surface area contributed by atoms with Gasteiger partial charge in [0.25, 0.3) is 11.8 Å². The molecule has 0 atom stereocenters. The van der Waals surface area contributed by atoms with Crippen molar-refractivity contribution in [3.8, 4) is 11.5 Å². The zero-order valence-corrected chi connectivity index (χ0v) is 19.4. The molecule has 0 saturated carbocycles. The number of amides is 2. The molecule has 4 rings (SSSR count). The molecule has 2 aromatic carbocycles. The highest BCUT2D eigenvalue weighted by Crippen LogP contribution is 2.18. The third kappa shape index (κ3) is 6.06. The third-order valence-corrected chi connectivity index (χ3v) is 6.19. The van der Waals surface area contributed by atoms with Crippen LogP contribution in [0, 0.1) is 0 Å². The molecule has 2 fully saturated rings. The van der Waals surface area contributed by atoms with E-state index in [9.17, 15) is 9.59 Å². The summed E-state index contributed by atoms with van der Waals surface area (Å²) < 4.78 is 11.5. The molecule has 9 heteroatoms. The van der Waals surface area contributed by atoms with Gasteiger partial charge in [-0.25, -0.2) is 0 Å². The van der Waals surface area contributed by atoms with Crippen molar-refractivity contribution in [2.45, 2.75) is 0 Å². The fourth-order valence-electron chi connectivity index (χ4n) is 3.99. The summed E-state index contributed by atoms with van der Waals surface area (Å²) >= 11 is 0. The van der Waals surface area contributed by atoms with Gasteiger partial charge in [0.05, 0.1) is 0 Å². The van der Waals surface area contributed by atoms with Gasteiger partial charge in [-0.2, -0.15) is 0 Å². The number of nitrogens with zero attached hydrogens (tertiary/aromatic N) is 4. The Morgan fingerprint density at radius 1 is 0.667 bits per heavy atom. The first-order valence-electron chi connectivity index (χ1n) is 11.4. The first-order chi connectivity index (χ1) is 16.0. The van der Waals surface area contributed by atoms with Crippen LogP contribution in [0.1, 0.15) is 20.7 Å². The summed E-state index contributed by atoms with van der Waals surface area (Å²) in [6.07, 6.45) is 0. The van der Waals surface area contributed by atoms with Crippen LogP contribution in [0.4, 0.5) is 0 Å². The Bertz CT molecular complexity index is 895. The van der Waals surface area contributed by atoms with Gasteiger partial charge in [0.15, 0.2) is 0 Å². The number of likely N-dealkylation sites (N-methyl/N-ethyl adjacent to an activating group) is 2. The van der Waals surface area contributed by atoms with Gasteiger partial charge in [0.2, 0.25) is 0 Å². The van der Waals surface area contributed by atoms with Crippen molar-refractivity contribution in [3.05, 3.63) is 59.7 Å². The van der Waals surface area contributed by atoms with E-state index in [0.29, 0.717) is 22.6 Å². The Hall–Kier alpha value is -3.04. The lowest BCUT2D eigenvalue weighted by Crippen LogP contribution is -2.47. The first-order valence-corrected chi connectivity index (χ1v) is 11.4. The molecular weight excluding hydrogens is 419 g/mol. The smallest absolute Gasteiger partial charge is 0.529 e. The lowest BCUT2D eigenvalue weighted by molar-refractivity contribution is 0.0657. The van der Waals surface area contributed by atoms with E-state index in [1.165, 1.54) is 0 Å². The molecule has 0 radical (unpaired) electrons. The summed E-state index contributed by atoms with van der Waals surface area (Å²) in [7, 11) is 4.11. The van der Waals surface area contributed by atoms with Crippen molar-refractivity contribution >= 4 is 19.5 Å². The summed E-state index contributed by atoms with van der Waals surface area (Å²) in [5.74, 6) is 1.17. The van der Waals surface area contributed by atoms with Gasteiger partial charge in [-0.1, -0.05) is 12.1 Å². The van der Waals surface area contributed by atoms with Crippen LogP contribution in [0.25, 0.3) is 0 Å². The van der Waals surface area contributed by atoms with Crippen LogP contribution in [-0.4, -0.2) is 106 Å². The molecule has 0 N–H and O–H groups in total. The van der Waals surface area contributed by atoms with Crippen LogP contribution in [0.15, 0.2) is 48.5 Å². The molecule has 0 unspecified atom stereocenters. The van der Waals surface area contributed by atoms with E-state index in [0.717, 1.165) is 52.4 Å². The Morgan fingerprint density at radius 2 is 1.06 bits per heavy atom. The molecule has 2 saturated heterocycles. The summed E-state index contributed by atoms with van der Waals surface area (Å²) in [4.78, 5) is 33.8. The maximum absolute atomic E-state index is 12.8. The largest absolute Gasteiger partial charge is 0.576 e. The SMILES string of the molecule is CN1CCN(C(=O)c2cccc(OBOc3cccc(C(=O)N4CCN(C)CC4)c3)c2)CC1. The molecule has 0 spiro atoms. The first kappa shape index (κ1) is 23.1. The van der Waals surface area contributed by atoms with Crippen LogP contribution < -0.4 is 9.31 Å². The van der Waals surface area contributed by atoms with Crippen LogP contribution in [0.2, 0.25) is 0 Å². The Balaban J connectivity index is 1.31. The quantitative estimate of drug-likeness (QED) is 0.617. The maximum atomic E-state index is 12.8. The fraction of sp³-hybridized carbons (Fsp3) is 0.417. The number of hydrogen-bond acceptors (Lipinski definition) is 6. The van der Waals surface area contributed by atoms with Crippen LogP contribution in [0.5, 0.6) is 11.5 Å². The number of rotatable bonds is 6. The van der Waals surface area contributed by atoms with Crippen LogP contribution in [-0.2, 0) is 0 Å². The number of hydrogen-bond donors (Lipinski definition) is 0. The molecule has 174 valence electrons. The van der Waals surface area contributed by atoms with Gasteiger partial charge in [0, 0.05) is 63.5 Å². The predicted octanol–water partition coefficient (Wildman–Crippen LogP) is 1.19. The molecule has 0 aliphatic carbocycles. The highest BCUT2D eigenvalue weighted by atomic mass is 16.6. The number of piperazine rings is 2. The molecule has 33 heavy (non-hydrogen) atoms. The van der Waals surface area contributed by atoms with E-state index in [4.69, 9.17) is 9.31 Å². The molecule has 2 amide bonds. The van der Waals surface area contributed by atoms with Gasteiger partial charge >= 0.3 is 7.69 Å². The van der Waals surface area contributed by atoms with E-state index in [-0.39, 0.29) is 19.5 Å². The van der Waals surface area contributed by atoms with Gasteiger partial charge in [-0.05, 0) is 50.5 Å². The summed E-state index contributed by atoms with van der Waals surface area (Å²) in [5, 5.41) is 0. The summed E-state index contributed by atoms with van der Waals surface area (Å²) in [6, 6.07) is 14.3. The fourth-order valence-corrected chi connectivity index (χ4v) is 3.99. The molecule has 0 aromatic heterocycles. The standard InChI is InChI=1S/C24H31BN4O4/c1-26-9-13-28(14-10-26)23(30)19-5-3-7-21(17-19)32-25-33-22-8-4-6-20(18-22)24(31)29-15-11-27(2)12-16-29/h3-8,17-18,25H,9-16H2,1-2H3. The molecule has 2 aliphatic rings. The maximum Gasteiger partial charge on any atom is 0.576 e. The van der Waals surface area contributed by atoms with Crippen molar-refractivity contribution in [2.75, 3.05) is 66.5 Å². The minimum absolute atomic E-state index is 0.0156. The average molecular weight is 450 g/mol. The zero-order valence-electron chi connectivity index (χ0n) is 19.4. The Morgan fingerprint density at radius 3 is 1.45 bits per heavy atom. The molecule has 2 aliphatic heterocycles. The lowest BCUT2D eigenvalue weighted by Gasteiger charge is -2.32. The zero-order chi connectivity index (χ0) is 23.2. The van der Waals surface area contributed by atoms with Crippen LogP contribution >= 0.6 is 0 Å². The second-order valence-corrected chi connectivity index (χ2v) is 8.65. The highest BCUT2D eigenvalue weighted by Gasteiger charge is 2.22. The Kier molecular flexibility index (Phi) is 7.52. The molecule has 2 heterocycles. The molecule has 0 bridgehead atoms. The number of carbonyl (C=O) groups excluding carboxylic acids is 2. The molecular formula is C24H31BN4O4. The van der Waals surface area contributed by atoms with E-state index in [2.05, 4.69) is 23.9 Å². The second kappa shape index (κ2) is 10.7. The molecule has 2 aromatic rings. The average Bonchev–Trinajstić information content (AvgIpc) is 2.84. The minimum atomic E-state index is -0.0156. The summed E-state index contributed by atoms with van der Waals surface area (Å²) in [5.41, 5.74) is 1.22. The third-order valence-electron chi connectivity index (χ3n) is 6.19. The molecule has 8 nitrogen and oxygen atoms in total. The van der Waals surface area contributed by atoms with Crippen molar-refractivity contribution in [3.63, 3.8) is 0 Å². The van der Waals surface area contributed by atoms with E-state index < -0.39 is 0 Å². The normalized spacial score (nSPS) is 17.5. The van der Waals surface area contributed by atoms with Crippen molar-refractivity contribution in [1.82, 2.24) is 19.6 Å². The monoisotopic (exact) mass is 450 g/mol.